The number of nitrogens with two attached hydrogens (primary N) is 1. The highest BCUT2D eigenvalue weighted by atomic mass is 79.9. The molecule has 0 heterocycles. The highest BCUT2D eigenvalue weighted by Gasteiger charge is 2.14. The van der Waals surface area contributed by atoms with Gasteiger partial charge < -0.3 is 10.5 Å². The van der Waals surface area contributed by atoms with Crippen LogP contribution in [0.15, 0.2) is 49.8 Å². The lowest BCUT2D eigenvalue weighted by atomic mass is 10.1. The highest BCUT2D eigenvalue weighted by molar-refractivity contribution is 9.11. The standard InChI is InChI=1S/C15H10Br3NO3/c16-10-3-1-8(2-4-10)13(20)7-22-15(21)9-5-11(17)14(19)12(18)6-9/h1-6H,7,19H2. The number of carbonyl (C=O) groups is 2. The van der Waals surface area contributed by atoms with Gasteiger partial charge in [0.2, 0.25) is 0 Å². The Hall–Kier alpha value is -1.18. The monoisotopic (exact) mass is 489 g/mol. The summed E-state index contributed by atoms with van der Waals surface area (Å²) >= 11 is 9.80. The summed E-state index contributed by atoms with van der Waals surface area (Å²) in [4.78, 5) is 23.9. The van der Waals surface area contributed by atoms with Crippen LogP contribution in [0, 0.1) is 0 Å². The van der Waals surface area contributed by atoms with Crippen molar-refractivity contribution in [2.75, 3.05) is 12.3 Å². The van der Waals surface area contributed by atoms with Crippen LogP contribution in [0.3, 0.4) is 0 Å². The minimum absolute atomic E-state index is 0.269. The first-order chi connectivity index (χ1) is 10.4. The first-order valence-corrected chi connectivity index (χ1v) is 8.47. The molecule has 0 fully saturated rings. The molecule has 2 rings (SSSR count). The molecule has 2 aromatic carbocycles. The Morgan fingerprint density at radius 2 is 1.50 bits per heavy atom. The van der Waals surface area contributed by atoms with Crippen molar-refractivity contribution < 1.29 is 14.3 Å². The molecule has 2 N–H and O–H groups in total. The number of ether oxygens (including phenoxy) is 1. The van der Waals surface area contributed by atoms with Crippen LogP contribution >= 0.6 is 47.8 Å². The number of carbonyl (C=O) groups excluding carboxylic acids is 2. The summed E-state index contributed by atoms with van der Waals surface area (Å²) in [6.45, 7) is -0.319. The average molecular weight is 492 g/mol. The van der Waals surface area contributed by atoms with Crippen LogP contribution in [-0.2, 0) is 4.74 Å². The zero-order chi connectivity index (χ0) is 16.3. The number of benzene rings is 2. The van der Waals surface area contributed by atoms with Gasteiger partial charge in [-0.3, -0.25) is 4.79 Å². The summed E-state index contributed by atoms with van der Waals surface area (Å²) in [5.41, 5.74) is 7.03. The van der Waals surface area contributed by atoms with Crippen LogP contribution in [0.1, 0.15) is 20.7 Å². The Bertz CT molecular complexity index is 706. The number of nitrogen functional groups attached to an aromatic ring is 1. The maximum atomic E-state index is 12.0. The molecular weight excluding hydrogens is 482 g/mol. The second-order valence-corrected chi connectivity index (χ2v) is 6.98. The Balaban J connectivity index is 2.04. The minimum atomic E-state index is -0.591. The highest BCUT2D eigenvalue weighted by Crippen LogP contribution is 2.29. The molecule has 0 amide bonds. The molecule has 0 aliphatic heterocycles. The van der Waals surface area contributed by atoms with Crippen LogP contribution in [-0.4, -0.2) is 18.4 Å². The fourth-order valence-electron chi connectivity index (χ4n) is 1.64. The second kappa shape index (κ2) is 7.39. The van der Waals surface area contributed by atoms with E-state index < -0.39 is 5.97 Å². The number of rotatable bonds is 4. The topological polar surface area (TPSA) is 69.4 Å². The van der Waals surface area contributed by atoms with Crippen molar-refractivity contribution in [1.82, 2.24) is 0 Å². The van der Waals surface area contributed by atoms with Gasteiger partial charge in [-0.05, 0) is 56.1 Å². The molecular formula is C15H10Br3NO3. The van der Waals surface area contributed by atoms with Crippen molar-refractivity contribution in [3.63, 3.8) is 0 Å². The molecule has 0 unspecified atom stereocenters. The Morgan fingerprint density at radius 3 is 2.05 bits per heavy atom. The summed E-state index contributed by atoms with van der Waals surface area (Å²) in [7, 11) is 0. The van der Waals surface area contributed by atoms with Gasteiger partial charge in [0, 0.05) is 19.0 Å². The van der Waals surface area contributed by atoms with Gasteiger partial charge in [0.15, 0.2) is 12.4 Å². The zero-order valence-corrected chi connectivity index (χ0v) is 15.9. The Kier molecular flexibility index (Phi) is 5.77. The molecule has 0 saturated heterocycles. The molecule has 0 atom stereocenters. The summed E-state index contributed by atoms with van der Waals surface area (Å²) in [5, 5.41) is 0. The fraction of sp³-hybridized carbons (Fsp3) is 0.0667. The molecule has 4 nitrogen and oxygen atoms in total. The average Bonchev–Trinajstić information content (AvgIpc) is 2.50. The van der Waals surface area contributed by atoms with Gasteiger partial charge in [0.1, 0.15) is 0 Å². The van der Waals surface area contributed by atoms with Crippen molar-refractivity contribution in [2.24, 2.45) is 0 Å². The molecule has 114 valence electrons. The molecule has 22 heavy (non-hydrogen) atoms. The number of esters is 1. The van der Waals surface area contributed by atoms with E-state index in [2.05, 4.69) is 47.8 Å². The molecule has 0 aromatic heterocycles. The third-order valence-corrected chi connectivity index (χ3v) is 4.66. The number of Topliss-reactive ketones (excluding diaryl/α,β-unsaturated/α-hetero) is 1. The van der Waals surface area contributed by atoms with Gasteiger partial charge in [0.25, 0.3) is 0 Å². The summed E-state index contributed by atoms with van der Waals surface area (Å²) in [5.74, 6) is -0.860. The first-order valence-electron chi connectivity index (χ1n) is 6.09. The number of ketones is 1. The molecule has 0 radical (unpaired) electrons. The SMILES string of the molecule is Nc1c(Br)cc(C(=O)OCC(=O)c2ccc(Br)cc2)cc1Br. The molecule has 7 heteroatoms. The maximum absolute atomic E-state index is 12.0. The maximum Gasteiger partial charge on any atom is 0.338 e. The fourth-order valence-corrected chi connectivity index (χ4v) is 3.09. The van der Waals surface area contributed by atoms with Crippen LogP contribution < -0.4 is 5.73 Å². The Morgan fingerprint density at radius 1 is 0.955 bits per heavy atom. The lowest BCUT2D eigenvalue weighted by Crippen LogP contribution is -2.14. The number of halogens is 3. The van der Waals surface area contributed by atoms with Crippen LogP contribution in [0.4, 0.5) is 5.69 Å². The molecule has 0 aliphatic rings. The summed E-state index contributed by atoms with van der Waals surface area (Å²) in [6.07, 6.45) is 0. The van der Waals surface area contributed by atoms with E-state index in [0.29, 0.717) is 25.8 Å². The van der Waals surface area contributed by atoms with Gasteiger partial charge in [-0.25, -0.2) is 4.79 Å². The summed E-state index contributed by atoms with van der Waals surface area (Å²) < 4.78 is 7.07. The van der Waals surface area contributed by atoms with Crippen molar-refractivity contribution in [2.45, 2.75) is 0 Å². The third kappa shape index (κ3) is 4.18. The van der Waals surface area contributed by atoms with E-state index in [1.807, 2.05) is 0 Å². The van der Waals surface area contributed by atoms with E-state index in [1.165, 1.54) is 0 Å². The predicted octanol–water partition coefficient (Wildman–Crippen LogP) is 4.60. The number of anilines is 1. The van der Waals surface area contributed by atoms with Crippen molar-refractivity contribution >= 4 is 65.2 Å². The van der Waals surface area contributed by atoms with Gasteiger partial charge in [-0.15, -0.1) is 0 Å². The smallest absolute Gasteiger partial charge is 0.338 e. The van der Waals surface area contributed by atoms with E-state index in [9.17, 15) is 9.59 Å². The second-order valence-electron chi connectivity index (χ2n) is 4.36. The molecule has 0 spiro atoms. The predicted molar refractivity (Wildman–Crippen MR) is 95.0 cm³/mol. The number of hydrogen-bond donors (Lipinski definition) is 1. The first kappa shape index (κ1) is 17.2. The quantitative estimate of drug-likeness (QED) is 0.385. The largest absolute Gasteiger partial charge is 0.454 e. The number of hydrogen-bond acceptors (Lipinski definition) is 4. The van der Waals surface area contributed by atoms with Crippen LogP contribution in [0.5, 0.6) is 0 Å². The zero-order valence-electron chi connectivity index (χ0n) is 11.1. The third-order valence-electron chi connectivity index (χ3n) is 2.82. The van der Waals surface area contributed by atoms with Gasteiger partial charge in [-0.2, -0.15) is 0 Å². The van der Waals surface area contributed by atoms with Crippen LogP contribution in [0.25, 0.3) is 0 Å². The minimum Gasteiger partial charge on any atom is -0.454 e. The lowest BCUT2D eigenvalue weighted by molar-refractivity contribution is 0.0474. The molecule has 0 saturated carbocycles. The van der Waals surface area contributed by atoms with E-state index >= 15 is 0 Å². The lowest BCUT2D eigenvalue weighted by Gasteiger charge is -2.07. The normalized spacial score (nSPS) is 10.3. The van der Waals surface area contributed by atoms with Crippen molar-refractivity contribution in [1.29, 1.82) is 0 Å². The molecule has 0 aliphatic carbocycles. The van der Waals surface area contributed by atoms with Crippen molar-refractivity contribution in [3.8, 4) is 0 Å². The molecule has 0 bridgehead atoms. The van der Waals surface area contributed by atoms with E-state index in [1.54, 1.807) is 36.4 Å². The molecule has 2 aromatic rings. The summed E-state index contributed by atoms with van der Waals surface area (Å²) in [6, 6.07) is 9.93. The van der Waals surface area contributed by atoms with Gasteiger partial charge in [0.05, 0.1) is 11.3 Å². The van der Waals surface area contributed by atoms with Crippen molar-refractivity contribution in [3.05, 3.63) is 60.9 Å². The Labute approximate surface area is 152 Å². The van der Waals surface area contributed by atoms with E-state index in [0.717, 1.165) is 4.47 Å². The van der Waals surface area contributed by atoms with E-state index in [4.69, 9.17) is 10.5 Å². The van der Waals surface area contributed by atoms with Crippen LogP contribution in [0.2, 0.25) is 0 Å². The van der Waals surface area contributed by atoms with Gasteiger partial charge >= 0.3 is 5.97 Å². The van der Waals surface area contributed by atoms with Gasteiger partial charge in [-0.1, -0.05) is 28.1 Å². The van der Waals surface area contributed by atoms with E-state index in [-0.39, 0.29) is 12.4 Å².